The number of carbonyl (C=O) groups excluding carboxylic acids is 2. The van der Waals surface area contributed by atoms with Gasteiger partial charge in [0, 0.05) is 23.9 Å². The first-order chi connectivity index (χ1) is 10.6. The van der Waals surface area contributed by atoms with Gasteiger partial charge in [-0.2, -0.15) is 0 Å². The van der Waals surface area contributed by atoms with Crippen LogP contribution in [0.4, 0.5) is 5.13 Å². The van der Waals surface area contributed by atoms with Crippen molar-refractivity contribution >= 4 is 28.3 Å². The zero-order valence-corrected chi connectivity index (χ0v) is 13.4. The standard InChI is InChI=1S/C14H21N3O4S/c1-2-5-17(13(21)8-19)9-3-4-10-11(6-9)22-14(15-10)16-12(20)7-18/h9,18-19H,2-8H2,1H3,(H,15,16,20). The quantitative estimate of drug-likeness (QED) is 0.691. The Kier molecular flexibility index (Phi) is 5.87. The summed E-state index contributed by atoms with van der Waals surface area (Å²) in [6.45, 7) is 1.60. The summed E-state index contributed by atoms with van der Waals surface area (Å²) in [6.07, 6.45) is 3.07. The number of nitrogens with zero attached hydrogens (tertiary/aromatic N) is 2. The topological polar surface area (TPSA) is 103 Å². The second-order valence-electron chi connectivity index (χ2n) is 5.24. The molecule has 0 aromatic carbocycles. The highest BCUT2D eigenvalue weighted by molar-refractivity contribution is 7.15. The predicted octanol–water partition coefficient (Wildman–Crippen LogP) is 0.162. The maximum Gasteiger partial charge on any atom is 0.251 e. The zero-order chi connectivity index (χ0) is 16.1. The molecule has 1 atom stereocenters. The molecule has 1 heterocycles. The van der Waals surface area contributed by atoms with Crippen molar-refractivity contribution in [3.05, 3.63) is 10.6 Å². The van der Waals surface area contributed by atoms with Gasteiger partial charge in [0.05, 0.1) is 5.69 Å². The molecule has 7 nitrogen and oxygen atoms in total. The normalized spacial score (nSPS) is 17.0. The van der Waals surface area contributed by atoms with Crippen LogP contribution in [0.2, 0.25) is 0 Å². The van der Waals surface area contributed by atoms with Gasteiger partial charge in [-0.1, -0.05) is 6.92 Å². The molecule has 0 radical (unpaired) electrons. The fourth-order valence-electron chi connectivity index (χ4n) is 2.68. The lowest BCUT2D eigenvalue weighted by Crippen LogP contribution is -2.44. The van der Waals surface area contributed by atoms with E-state index in [2.05, 4.69) is 10.3 Å². The molecule has 1 aromatic rings. The van der Waals surface area contributed by atoms with Gasteiger partial charge in [-0.3, -0.25) is 14.9 Å². The van der Waals surface area contributed by atoms with E-state index in [1.54, 1.807) is 4.90 Å². The summed E-state index contributed by atoms with van der Waals surface area (Å²) in [5.74, 6) is -0.723. The average Bonchev–Trinajstić information content (AvgIpc) is 2.92. The van der Waals surface area contributed by atoms with Crippen LogP contribution in [0, 0.1) is 0 Å². The van der Waals surface area contributed by atoms with Crippen LogP contribution in [0.5, 0.6) is 0 Å². The van der Waals surface area contributed by atoms with Crippen molar-refractivity contribution in [1.82, 2.24) is 9.88 Å². The van der Waals surface area contributed by atoms with E-state index in [9.17, 15) is 9.59 Å². The Balaban J connectivity index is 2.09. The second kappa shape index (κ2) is 7.66. The van der Waals surface area contributed by atoms with Gasteiger partial charge >= 0.3 is 0 Å². The number of aliphatic hydroxyl groups is 2. The van der Waals surface area contributed by atoms with Gasteiger partial charge in [0.1, 0.15) is 13.2 Å². The van der Waals surface area contributed by atoms with Gasteiger partial charge in [-0.15, -0.1) is 11.3 Å². The Bertz CT molecular complexity index is 546. The van der Waals surface area contributed by atoms with E-state index in [-0.39, 0.29) is 11.9 Å². The SMILES string of the molecule is CCCN(C(=O)CO)C1CCc2nc(NC(=O)CO)sc2C1. The minimum Gasteiger partial charge on any atom is -0.387 e. The molecule has 0 aliphatic heterocycles. The summed E-state index contributed by atoms with van der Waals surface area (Å²) < 4.78 is 0. The fourth-order valence-corrected chi connectivity index (χ4v) is 3.77. The molecule has 1 aliphatic carbocycles. The van der Waals surface area contributed by atoms with Crippen LogP contribution in [0.3, 0.4) is 0 Å². The van der Waals surface area contributed by atoms with E-state index < -0.39 is 19.1 Å². The number of rotatable bonds is 6. The van der Waals surface area contributed by atoms with Gasteiger partial charge < -0.3 is 15.1 Å². The third kappa shape index (κ3) is 3.82. The number of aliphatic hydroxyl groups excluding tert-OH is 2. The minimum absolute atomic E-state index is 0.0638. The van der Waals surface area contributed by atoms with Crippen molar-refractivity contribution in [2.45, 2.75) is 38.6 Å². The third-order valence-corrected chi connectivity index (χ3v) is 4.70. The fraction of sp³-hybridized carbons (Fsp3) is 0.643. The summed E-state index contributed by atoms with van der Waals surface area (Å²) in [5.41, 5.74) is 0.947. The van der Waals surface area contributed by atoms with E-state index in [1.807, 2.05) is 6.92 Å². The Morgan fingerprint density at radius 1 is 1.41 bits per heavy atom. The molecular formula is C14H21N3O4S. The maximum atomic E-state index is 11.9. The molecule has 2 amide bonds. The lowest BCUT2D eigenvalue weighted by atomic mass is 9.96. The molecular weight excluding hydrogens is 306 g/mol. The van der Waals surface area contributed by atoms with Crippen LogP contribution in [0.25, 0.3) is 0 Å². The Morgan fingerprint density at radius 3 is 2.82 bits per heavy atom. The molecule has 0 fully saturated rings. The first kappa shape index (κ1) is 16.9. The van der Waals surface area contributed by atoms with Crippen molar-refractivity contribution in [2.24, 2.45) is 0 Å². The van der Waals surface area contributed by atoms with Gasteiger partial charge in [-0.05, 0) is 19.3 Å². The van der Waals surface area contributed by atoms with Gasteiger partial charge in [0.25, 0.3) is 5.91 Å². The molecule has 0 saturated carbocycles. The molecule has 22 heavy (non-hydrogen) atoms. The summed E-state index contributed by atoms with van der Waals surface area (Å²) in [7, 11) is 0. The van der Waals surface area contributed by atoms with E-state index >= 15 is 0 Å². The molecule has 3 N–H and O–H groups in total. The molecule has 0 bridgehead atoms. The first-order valence-electron chi connectivity index (χ1n) is 7.38. The Morgan fingerprint density at radius 2 is 2.18 bits per heavy atom. The van der Waals surface area contributed by atoms with Crippen LogP contribution in [0.15, 0.2) is 0 Å². The smallest absolute Gasteiger partial charge is 0.251 e. The molecule has 122 valence electrons. The van der Waals surface area contributed by atoms with Crippen LogP contribution in [-0.4, -0.2) is 57.7 Å². The largest absolute Gasteiger partial charge is 0.387 e. The Labute approximate surface area is 133 Å². The number of carbonyl (C=O) groups is 2. The van der Waals surface area contributed by atoms with Gasteiger partial charge in [-0.25, -0.2) is 4.98 Å². The number of thiazole rings is 1. The predicted molar refractivity (Wildman–Crippen MR) is 82.7 cm³/mol. The van der Waals surface area contributed by atoms with Crippen LogP contribution in [0.1, 0.15) is 30.3 Å². The highest BCUT2D eigenvalue weighted by Crippen LogP contribution is 2.31. The number of aryl methyl sites for hydroxylation is 1. The maximum absolute atomic E-state index is 11.9. The number of aromatic nitrogens is 1. The molecule has 8 heteroatoms. The summed E-state index contributed by atoms with van der Waals surface area (Å²) in [4.78, 5) is 30.2. The van der Waals surface area contributed by atoms with E-state index in [4.69, 9.17) is 10.2 Å². The van der Waals surface area contributed by atoms with Crippen LogP contribution in [-0.2, 0) is 22.4 Å². The van der Waals surface area contributed by atoms with Crippen molar-refractivity contribution in [3.8, 4) is 0 Å². The minimum atomic E-state index is -0.567. The van der Waals surface area contributed by atoms with Crippen molar-refractivity contribution in [1.29, 1.82) is 0 Å². The molecule has 1 aliphatic rings. The number of amides is 2. The molecule has 2 rings (SSSR count). The second-order valence-corrected chi connectivity index (χ2v) is 6.32. The monoisotopic (exact) mass is 327 g/mol. The number of fused-ring (bicyclic) bond motifs is 1. The highest BCUT2D eigenvalue weighted by Gasteiger charge is 2.29. The molecule has 0 saturated heterocycles. The molecule has 1 unspecified atom stereocenters. The lowest BCUT2D eigenvalue weighted by Gasteiger charge is -2.33. The highest BCUT2D eigenvalue weighted by atomic mass is 32.1. The van der Waals surface area contributed by atoms with Crippen molar-refractivity contribution in [3.63, 3.8) is 0 Å². The third-order valence-electron chi connectivity index (χ3n) is 3.66. The Hall–Kier alpha value is -1.51. The molecule has 1 aromatic heterocycles. The summed E-state index contributed by atoms with van der Waals surface area (Å²) >= 11 is 1.38. The van der Waals surface area contributed by atoms with Crippen molar-refractivity contribution < 1.29 is 19.8 Å². The van der Waals surface area contributed by atoms with Gasteiger partial charge in [0.15, 0.2) is 5.13 Å². The molecule has 0 spiro atoms. The zero-order valence-electron chi connectivity index (χ0n) is 12.5. The van der Waals surface area contributed by atoms with Crippen molar-refractivity contribution in [2.75, 3.05) is 25.1 Å². The first-order valence-corrected chi connectivity index (χ1v) is 8.20. The average molecular weight is 327 g/mol. The lowest BCUT2D eigenvalue weighted by molar-refractivity contribution is -0.136. The summed E-state index contributed by atoms with van der Waals surface area (Å²) in [5, 5.41) is 20.9. The van der Waals surface area contributed by atoms with Crippen LogP contribution < -0.4 is 5.32 Å². The van der Waals surface area contributed by atoms with E-state index in [0.29, 0.717) is 18.1 Å². The van der Waals surface area contributed by atoms with E-state index in [1.165, 1.54) is 11.3 Å². The van der Waals surface area contributed by atoms with E-state index in [0.717, 1.165) is 29.8 Å². The summed E-state index contributed by atoms with van der Waals surface area (Å²) in [6, 6.07) is 0.0638. The van der Waals surface area contributed by atoms with Crippen LogP contribution >= 0.6 is 11.3 Å². The number of hydrogen-bond donors (Lipinski definition) is 3. The number of anilines is 1. The number of nitrogens with one attached hydrogen (secondary N) is 1. The van der Waals surface area contributed by atoms with Gasteiger partial charge in [0.2, 0.25) is 5.91 Å². The number of hydrogen-bond acceptors (Lipinski definition) is 6.